The van der Waals surface area contributed by atoms with Crippen LogP contribution >= 0.6 is 0 Å². The fraction of sp³-hybridized carbons (Fsp3) is 0.136. The smallest absolute Gasteiger partial charge is 0.255 e. The number of pyridine rings is 1. The second-order valence-electron chi connectivity index (χ2n) is 6.26. The van der Waals surface area contributed by atoms with Crippen LogP contribution in [0.15, 0.2) is 67.0 Å². The number of aromatic nitrogens is 1. The molecule has 3 rings (SSSR count). The van der Waals surface area contributed by atoms with E-state index in [1.807, 2.05) is 31.2 Å². The molecule has 2 N–H and O–H groups in total. The van der Waals surface area contributed by atoms with E-state index in [1.165, 1.54) is 0 Å². The van der Waals surface area contributed by atoms with Crippen LogP contribution in [0, 0.1) is 6.92 Å². The summed E-state index contributed by atoms with van der Waals surface area (Å²) >= 11 is 0. The van der Waals surface area contributed by atoms with E-state index in [2.05, 4.69) is 15.6 Å². The maximum atomic E-state index is 12.4. The standard InChI is InChI=1S/C22H21N3O3/c1-15-6-7-18(13-20(15)28-2)21(26)24-14-16-4-3-5-19(12-16)25-22(27)17-8-10-23-11-9-17/h3-13H,14H2,1-2H3,(H,24,26)(H,25,27). The van der Waals surface area contributed by atoms with Gasteiger partial charge in [-0.15, -0.1) is 0 Å². The number of anilines is 1. The number of rotatable bonds is 6. The molecule has 0 aliphatic heterocycles. The molecule has 6 nitrogen and oxygen atoms in total. The van der Waals surface area contributed by atoms with Gasteiger partial charge in [-0.05, 0) is 54.4 Å². The Morgan fingerprint density at radius 2 is 1.75 bits per heavy atom. The van der Waals surface area contributed by atoms with Crippen LogP contribution in [0.4, 0.5) is 5.69 Å². The zero-order valence-corrected chi connectivity index (χ0v) is 15.7. The van der Waals surface area contributed by atoms with Gasteiger partial charge in [-0.1, -0.05) is 18.2 Å². The number of aryl methyl sites for hydroxylation is 1. The van der Waals surface area contributed by atoms with Crippen molar-refractivity contribution in [1.29, 1.82) is 0 Å². The summed E-state index contributed by atoms with van der Waals surface area (Å²) in [5.74, 6) is 0.272. The number of methoxy groups -OCH3 is 1. The van der Waals surface area contributed by atoms with Crippen LogP contribution in [0.3, 0.4) is 0 Å². The summed E-state index contributed by atoms with van der Waals surface area (Å²) in [4.78, 5) is 28.5. The molecule has 142 valence electrons. The van der Waals surface area contributed by atoms with Crippen molar-refractivity contribution in [2.45, 2.75) is 13.5 Å². The van der Waals surface area contributed by atoms with Crippen LogP contribution < -0.4 is 15.4 Å². The summed E-state index contributed by atoms with van der Waals surface area (Å²) in [5.41, 5.74) is 3.56. The van der Waals surface area contributed by atoms with Crippen molar-refractivity contribution in [2.75, 3.05) is 12.4 Å². The highest BCUT2D eigenvalue weighted by molar-refractivity contribution is 6.04. The van der Waals surface area contributed by atoms with Crippen LogP contribution in [-0.2, 0) is 6.54 Å². The van der Waals surface area contributed by atoms with E-state index in [9.17, 15) is 9.59 Å². The van der Waals surface area contributed by atoms with Gasteiger partial charge in [0.1, 0.15) is 5.75 Å². The average Bonchev–Trinajstić information content (AvgIpc) is 2.73. The van der Waals surface area contributed by atoms with Gasteiger partial charge in [-0.3, -0.25) is 14.6 Å². The highest BCUT2D eigenvalue weighted by Gasteiger charge is 2.09. The highest BCUT2D eigenvalue weighted by Crippen LogP contribution is 2.19. The van der Waals surface area contributed by atoms with Crippen molar-refractivity contribution in [3.63, 3.8) is 0 Å². The van der Waals surface area contributed by atoms with Gasteiger partial charge in [0.15, 0.2) is 0 Å². The monoisotopic (exact) mass is 375 g/mol. The third kappa shape index (κ3) is 4.73. The molecular weight excluding hydrogens is 354 g/mol. The minimum absolute atomic E-state index is 0.190. The highest BCUT2D eigenvalue weighted by atomic mass is 16.5. The van der Waals surface area contributed by atoms with Crippen LogP contribution in [0.1, 0.15) is 31.8 Å². The predicted octanol–water partition coefficient (Wildman–Crippen LogP) is 3.58. The normalized spacial score (nSPS) is 10.2. The molecule has 0 fully saturated rings. The molecule has 1 heterocycles. The van der Waals surface area contributed by atoms with E-state index in [1.54, 1.807) is 49.8 Å². The number of hydrogen-bond donors (Lipinski definition) is 2. The van der Waals surface area contributed by atoms with E-state index in [4.69, 9.17) is 4.74 Å². The Morgan fingerprint density at radius 1 is 0.964 bits per heavy atom. The van der Waals surface area contributed by atoms with Crippen molar-refractivity contribution in [2.24, 2.45) is 0 Å². The number of amides is 2. The molecule has 0 spiro atoms. The first kappa shape index (κ1) is 19.1. The lowest BCUT2D eigenvalue weighted by Crippen LogP contribution is -2.23. The average molecular weight is 375 g/mol. The number of nitrogens with zero attached hydrogens (tertiary/aromatic N) is 1. The van der Waals surface area contributed by atoms with Gasteiger partial charge in [0, 0.05) is 35.8 Å². The zero-order chi connectivity index (χ0) is 19.9. The Kier molecular flexibility index (Phi) is 6.01. The Labute approximate surface area is 163 Å². The van der Waals surface area contributed by atoms with Gasteiger partial charge in [0.2, 0.25) is 0 Å². The molecule has 0 radical (unpaired) electrons. The second-order valence-corrected chi connectivity index (χ2v) is 6.26. The van der Waals surface area contributed by atoms with Gasteiger partial charge in [0.25, 0.3) is 11.8 Å². The fourth-order valence-electron chi connectivity index (χ4n) is 2.71. The first-order chi connectivity index (χ1) is 13.6. The molecule has 0 unspecified atom stereocenters. The minimum atomic E-state index is -0.213. The number of hydrogen-bond acceptors (Lipinski definition) is 4. The van der Waals surface area contributed by atoms with Crippen molar-refractivity contribution in [1.82, 2.24) is 10.3 Å². The van der Waals surface area contributed by atoms with Gasteiger partial charge >= 0.3 is 0 Å². The molecule has 1 aromatic heterocycles. The van der Waals surface area contributed by atoms with Crippen LogP contribution in [0.5, 0.6) is 5.75 Å². The summed E-state index contributed by atoms with van der Waals surface area (Å²) in [6.45, 7) is 2.26. The Morgan fingerprint density at radius 3 is 2.50 bits per heavy atom. The number of carbonyl (C=O) groups excluding carboxylic acids is 2. The van der Waals surface area contributed by atoms with Gasteiger partial charge in [-0.25, -0.2) is 0 Å². The quantitative estimate of drug-likeness (QED) is 0.690. The maximum Gasteiger partial charge on any atom is 0.255 e. The molecule has 2 aromatic carbocycles. The predicted molar refractivity (Wildman–Crippen MR) is 108 cm³/mol. The minimum Gasteiger partial charge on any atom is -0.496 e. The molecule has 28 heavy (non-hydrogen) atoms. The second kappa shape index (κ2) is 8.81. The summed E-state index contributed by atoms with van der Waals surface area (Å²) in [6.07, 6.45) is 3.14. The molecule has 0 bridgehead atoms. The lowest BCUT2D eigenvalue weighted by molar-refractivity contribution is 0.0949. The molecule has 0 saturated carbocycles. The van der Waals surface area contributed by atoms with Crippen molar-refractivity contribution >= 4 is 17.5 Å². The molecule has 6 heteroatoms. The number of benzene rings is 2. The van der Waals surface area contributed by atoms with Crippen LogP contribution in [-0.4, -0.2) is 23.9 Å². The number of nitrogens with one attached hydrogen (secondary N) is 2. The van der Waals surface area contributed by atoms with Crippen molar-refractivity contribution in [3.05, 3.63) is 89.2 Å². The fourth-order valence-corrected chi connectivity index (χ4v) is 2.71. The molecule has 2 amide bonds. The van der Waals surface area contributed by atoms with Crippen LogP contribution in [0.25, 0.3) is 0 Å². The third-order valence-corrected chi connectivity index (χ3v) is 4.25. The molecule has 0 atom stereocenters. The Hall–Kier alpha value is -3.67. The van der Waals surface area contributed by atoms with Gasteiger partial charge in [0.05, 0.1) is 7.11 Å². The third-order valence-electron chi connectivity index (χ3n) is 4.25. The Bertz CT molecular complexity index is 987. The van der Waals surface area contributed by atoms with E-state index in [-0.39, 0.29) is 11.8 Å². The Balaban J connectivity index is 1.63. The molecule has 0 aliphatic carbocycles. The van der Waals surface area contributed by atoms with E-state index in [0.717, 1.165) is 11.1 Å². The number of carbonyl (C=O) groups is 2. The summed E-state index contributed by atoms with van der Waals surface area (Å²) < 4.78 is 5.26. The first-order valence-corrected chi connectivity index (χ1v) is 8.80. The SMILES string of the molecule is COc1cc(C(=O)NCc2cccc(NC(=O)c3ccncc3)c2)ccc1C. The van der Waals surface area contributed by atoms with E-state index < -0.39 is 0 Å². The van der Waals surface area contributed by atoms with Crippen molar-refractivity contribution in [3.8, 4) is 5.75 Å². The topological polar surface area (TPSA) is 80.3 Å². The van der Waals surface area contributed by atoms with Crippen LogP contribution in [0.2, 0.25) is 0 Å². The lowest BCUT2D eigenvalue weighted by Gasteiger charge is -2.10. The summed E-state index contributed by atoms with van der Waals surface area (Å²) in [5, 5.41) is 5.73. The zero-order valence-electron chi connectivity index (χ0n) is 15.7. The molecule has 0 saturated heterocycles. The number of ether oxygens (including phenoxy) is 1. The van der Waals surface area contributed by atoms with E-state index in [0.29, 0.717) is 29.1 Å². The first-order valence-electron chi connectivity index (χ1n) is 8.80. The largest absolute Gasteiger partial charge is 0.496 e. The molecule has 0 aliphatic rings. The van der Waals surface area contributed by atoms with Crippen molar-refractivity contribution < 1.29 is 14.3 Å². The summed E-state index contributed by atoms with van der Waals surface area (Å²) in [7, 11) is 1.58. The van der Waals surface area contributed by atoms with E-state index >= 15 is 0 Å². The van der Waals surface area contributed by atoms with Gasteiger partial charge in [-0.2, -0.15) is 0 Å². The molecular formula is C22H21N3O3. The van der Waals surface area contributed by atoms with Gasteiger partial charge < -0.3 is 15.4 Å². The molecule has 3 aromatic rings. The summed E-state index contributed by atoms with van der Waals surface area (Å²) in [6, 6.07) is 16.0. The lowest BCUT2D eigenvalue weighted by atomic mass is 10.1. The maximum absolute atomic E-state index is 12.4.